The summed E-state index contributed by atoms with van der Waals surface area (Å²) in [6.45, 7) is 3.11. The van der Waals surface area contributed by atoms with Crippen LogP contribution in [0, 0.1) is 5.92 Å². The Morgan fingerprint density at radius 1 is 1.18 bits per heavy atom. The molecule has 1 amide bonds. The molecule has 1 aliphatic rings. The predicted octanol–water partition coefficient (Wildman–Crippen LogP) is -0.573. The molecule has 0 saturated carbocycles. The first kappa shape index (κ1) is 29.6. The molecule has 0 spiro atoms. The molecule has 1 saturated heterocycles. The number of nitrogens with two attached hydrogens (primary N) is 1. The number of aryl methyl sites for hydroxylation is 1. The van der Waals surface area contributed by atoms with Crippen LogP contribution in [-0.2, 0) is 30.6 Å². The van der Waals surface area contributed by atoms with E-state index in [0.29, 0.717) is 23.5 Å². The van der Waals surface area contributed by atoms with E-state index in [1.165, 1.54) is 4.80 Å². The Balaban J connectivity index is 1.28. The van der Waals surface area contributed by atoms with Crippen LogP contribution in [0.15, 0.2) is 42.7 Å². The molecular formula is C24H32N8O7S. The van der Waals surface area contributed by atoms with E-state index >= 15 is 0 Å². The van der Waals surface area contributed by atoms with Gasteiger partial charge in [-0.15, -0.1) is 10.2 Å². The zero-order chi connectivity index (χ0) is 28.9. The molecule has 3 aromatic heterocycles. The highest BCUT2D eigenvalue weighted by atomic mass is 32.2. The summed E-state index contributed by atoms with van der Waals surface area (Å²) < 4.78 is 36.5. The smallest absolute Gasteiger partial charge is 0.362 e. The molecule has 15 nitrogen and oxygen atoms in total. The largest absolute Gasteiger partial charge is 0.388 e. The number of hydrogen-bond acceptors (Lipinski definition) is 13. The number of rotatable bonds is 12. The summed E-state index contributed by atoms with van der Waals surface area (Å²) in [4.78, 5) is 22.0. The fourth-order valence-electron chi connectivity index (χ4n) is 3.98. The third kappa shape index (κ3) is 7.21. The van der Waals surface area contributed by atoms with E-state index in [0.717, 1.165) is 5.69 Å². The molecule has 216 valence electrons. The van der Waals surface area contributed by atoms with Gasteiger partial charge in [0.15, 0.2) is 0 Å². The van der Waals surface area contributed by atoms with Crippen molar-refractivity contribution in [1.29, 1.82) is 0 Å². The van der Waals surface area contributed by atoms with Crippen LogP contribution in [0.5, 0.6) is 0 Å². The number of carbonyl (C=O) groups is 1. The van der Waals surface area contributed by atoms with Gasteiger partial charge in [-0.25, -0.2) is 4.72 Å². The van der Waals surface area contributed by atoms with Crippen LogP contribution in [0.2, 0.25) is 0 Å². The van der Waals surface area contributed by atoms with Gasteiger partial charge in [0, 0.05) is 18.0 Å². The van der Waals surface area contributed by atoms with E-state index in [2.05, 4.69) is 25.4 Å². The quantitative estimate of drug-likeness (QED) is 0.212. The lowest BCUT2D eigenvalue weighted by atomic mass is 10.00. The van der Waals surface area contributed by atoms with Crippen molar-refractivity contribution in [3.63, 3.8) is 0 Å². The number of aliphatic hydroxyl groups is 2. The molecular weight excluding hydrogens is 544 g/mol. The van der Waals surface area contributed by atoms with Crippen molar-refractivity contribution in [3.8, 4) is 22.8 Å². The SMILES string of the molecule is CC[C@H](C)[C@H](N)C(=O)NS(=O)(=O)OC[C@H]1O[C@@H](CCn2nnc(-c3ccc(-c4ccccn4)nc3)n2)[C@H](O)[C@@H]1O. The number of amides is 1. The predicted molar refractivity (Wildman–Crippen MR) is 140 cm³/mol. The van der Waals surface area contributed by atoms with Crippen LogP contribution in [0.4, 0.5) is 0 Å². The van der Waals surface area contributed by atoms with Crippen molar-refractivity contribution in [3.05, 3.63) is 42.7 Å². The Labute approximate surface area is 231 Å². The number of aliphatic hydroxyl groups excluding tert-OH is 2. The summed E-state index contributed by atoms with van der Waals surface area (Å²) in [5.41, 5.74) is 7.83. The second-order valence-corrected chi connectivity index (χ2v) is 10.8. The number of pyridine rings is 2. The maximum atomic E-state index is 12.2. The molecule has 1 aliphatic heterocycles. The van der Waals surface area contributed by atoms with E-state index in [4.69, 9.17) is 14.7 Å². The summed E-state index contributed by atoms with van der Waals surface area (Å²) in [6, 6.07) is 8.12. The number of ether oxygens (including phenoxy) is 1. The maximum absolute atomic E-state index is 12.2. The van der Waals surface area contributed by atoms with Crippen molar-refractivity contribution in [2.45, 2.75) is 63.7 Å². The van der Waals surface area contributed by atoms with Gasteiger partial charge in [0.1, 0.15) is 18.3 Å². The standard InChI is InChI=1S/C24H32N8O7S/c1-3-14(2)20(25)24(35)30-40(36,37)38-13-19-22(34)21(33)18(39-19)9-11-32-29-23(28-31-32)15-7-8-17(27-12-15)16-6-4-5-10-26-16/h4-8,10,12,14,18-22,33-34H,3,9,11,13,25H2,1-2H3,(H,30,35)/t14-,18-,19+,20-,21-,22+/m0/s1. The maximum Gasteiger partial charge on any atom is 0.362 e. The monoisotopic (exact) mass is 576 g/mol. The normalized spacial score (nSPS) is 22.6. The minimum absolute atomic E-state index is 0.189. The number of carbonyl (C=O) groups excluding carboxylic acids is 1. The molecule has 0 radical (unpaired) electrons. The third-order valence-electron chi connectivity index (χ3n) is 6.65. The molecule has 0 aromatic carbocycles. The number of hydrogen-bond donors (Lipinski definition) is 4. The highest BCUT2D eigenvalue weighted by Crippen LogP contribution is 2.25. The van der Waals surface area contributed by atoms with Gasteiger partial charge in [-0.1, -0.05) is 26.3 Å². The molecule has 0 unspecified atom stereocenters. The van der Waals surface area contributed by atoms with Gasteiger partial charge < -0.3 is 20.7 Å². The first-order valence-corrected chi connectivity index (χ1v) is 14.1. The van der Waals surface area contributed by atoms with E-state index in [9.17, 15) is 23.4 Å². The molecule has 6 atom stereocenters. The summed E-state index contributed by atoms with van der Waals surface area (Å²) in [5.74, 6) is -0.796. The van der Waals surface area contributed by atoms with Crippen LogP contribution < -0.4 is 10.5 Å². The fourth-order valence-corrected chi connectivity index (χ4v) is 4.73. The van der Waals surface area contributed by atoms with Crippen molar-refractivity contribution in [1.82, 2.24) is 34.9 Å². The van der Waals surface area contributed by atoms with Gasteiger partial charge in [0.05, 0.1) is 36.7 Å². The van der Waals surface area contributed by atoms with Gasteiger partial charge in [-0.3, -0.25) is 18.9 Å². The number of nitrogens with zero attached hydrogens (tertiary/aromatic N) is 6. The zero-order valence-corrected chi connectivity index (χ0v) is 22.8. The van der Waals surface area contributed by atoms with E-state index in [1.54, 1.807) is 36.2 Å². The van der Waals surface area contributed by atoms with E-state index < -0.39 is 53.3 Å². The Bertz CT molecular complexity index is 1370. The number of aromatic nitrogens is 6. The second-order valence-electron chi connectivity index (χ2n) is 9.46. The Hall–Kier alpha value is -3.41. The number of nitrogens with one attached hydrogen (secondary N) is 1. The van der Waals surface area contributed by atoms with E-state index in [1.807, 2.05) is 25.1 Å². The molecule has 40 heavy (non-hydrogen) atoms. The van der Waals surface area contributed by atoms with Crippen LogP contribution in [0.1, 0.15) is 26.7 Å². The van der Waals surface area contributed by atoms with Crippen molar-refractivity contribution in [2.24, 2.45) is 11.7 Å². The summed E-state index contributed by atoms with van der Waals surface area (Å²) >= 11 is 0. The summed E-state index contributed by atoms with van der Waals surface area (Å²) in [7, 11) is -4.50. The average Bonchev–Trinajstić information content (AvgIpc) is 3.54. The highest BCUT2D eigenvalue weighted by molar-refractivity contribution is 7.85. The first-order chi connectivity index (χ1) is 19.1. The molecule has 16 heteroatoms. The van der Waals surface area contributed by atoms with Crippen molar-refractivity contribution < 1.29 is 32.3 Å². The Kier molecular flexibility index (Phi) is 9.49. The van der Waals surface area contributed by atoms with Crippen LogP contribution in [0.3, 0.4) is 0 Å². The Morgan fingerprint density at radius 2 is 1.93 bits per heavy atom. The fraction of sp³-hybridized carbons (Fsp3) is 0.500. The topological polar surface area (TPSA) is 218 Å². The van der Waals surface area contributed by atoms with Crippen molar-refractivity contribution in [2.75, 3.05) is 6.61 Å². The van der Waals surface area contributed by atoms with Crippen LogP contribution in [-0.4, -0.2) is 91.8 Å². The molecule has 0 aliphatic carbocycles. The summed E-state index contributed by atoms with van der Waals surface area (Å²) in [6.07, 6.45) is -0.660. The molecule has 1 fully saturated rings. The van der Waals surface area contributed by atoms with Gasteiger partial charge in [0.2, 0.25) is 5.82 Å². The molecule has 3 aromatic rings. The molecule has 4 rings (SSSR count). The zero-order valence-electron chi connectivity index (χ0n) is 21.9. The van der Waals surface area contributed by atoms with Gasteiger partial charge in [-0.05, 0) is 41.8 Å². The number of tetrazole rings is 1. The first-order valence-electron chi connectivity index (χ1n) is 12.7. The second kappa shape index (κ2) is 12.8. The lowest BCUT2D eigenvalue weighted by Crippen LogP contribution is -2.47. The highest BCUT2D eigenvalue weighted by Gasteiger charge is 2.43. The lowest BCUT2D eigenvalue weighted by molar-refractivity contribution is -0.121. The minimum Gasteiger partial charge on any atom is -0.388 e. The van der Waals surface area contributed by atoms with Gasteiger partial charge >= 0.3 is 10.3 Å². The molecule has 5 N–H and O–H groups in total. The minimum atomic E-state index is -4.50. The Morgan fingerprint density at radius 3 is 2.60 bits per heavy atom. The van der Waals surface area contributed by atoms with Gasteiger partial charge in [-0.2, -0.15) is 13.2 Å². The molecule has 0 bridgehead atoms. The molecule has 4 heterocycles. The van der Waals surface area contributed by atoms with E-state index in [-0.39, 0.29) is 18.9 Å². The average molecular weight is 577 g/mol. The van der Waals surface area contributed by atoms with Gasteiger partial charge in [0.25, 0.3) is 5.91 Å². The third-order valence-corrected chi connectivity index (χ3v) is 7.55. The van der Waals surface area contributed by atoms with Crippen LogP contribution in [0.25, 0.3) is 22.8 Å². The van der Waals surface area contributed by atoms with Crippen molar-refractivity contribution >= 4 is 16.2 Å². The van der Waals surface area contributed by atoms with Crippen LogP contribution >= 0.6 is 0 Å². The lowest BCUT2D eigenvalue weighted by Gasteiger charge is -2.18. The summed E-state index contributed by atoms with van der Waals surface area (Å²) in [5, 5.41) is 33.1.